The Bertz CT molecular complexity index is 999. The molecule has 0 spiro atoms. The number of piperazine rings is 1. The molecule has 160 valence electrons. The minimum Gasteiger partial charge on any atom is -0.449 e. The van der Waals surface area contributed by atoms with Gasteiger partial charge in [0, 0.05) is 39.0 Å². The summed E-state index contributed by atoms with van der Waals surface area (Å²) in [5.41, 5.74) is 1.33. The number of benzene rings is 2. The van der Waals surface area contributed by atoms with E-state index in [0.717, 1.165) is 25.9 Å². The first-order valence-corrected chi connectivity index (χ1v) is 11.7. The topological polar surface area (TPSA) is 84.0 Å². The summed E-state index contributed by atoms with van der Waals surface area (Å²) in [6.45, 7) is 5.00. The monoisotopic (exact) mass is 430 g/mol. The molecule has 2 aromatic carbocycles. The van der Waals surface area contributed by atoms with E-state index in [2.05, 4.69) is 17.0 Å². The quantitative estimate of drug-likeness (QED) is 0.652. The van der Waals surface area contributed by atoms with Crippen LogP contribution in [0.15, 0.2) is 59.5 Å². The summed E-state index contributed by atoms with van der Waals surface area (Å²) in [5, 5.41) is 0. The number of rotatable bonds is 6. The van der Waals surface area contributed by atoms with Crippen LogP contribution in [0.5, 0.6) is 0 Å². The molecule has 30 heavy (non-hydrogen) atoms. The predicted molar refractivity (Wildman–Crippen MR) is 113 cm³/mol. The zero-order valence-corrected chi connectivity index (χ0v) is 18.0. The third-order valence-electron chi connectivity index (χ3n) is 5.06. The molecule has 0 bridgehead atoms. The fourth-order valence-corrected chi connectivity index (χ4v) is 4.02. The van der Waals surface area contributed by atoms with E-state index >= 15 is 0 Å². The first kappa shape index (κ1) is 22.0. The maximum Gasteiger partial charge on any atom is 0.338 e. The van der Waals surface area contributed by atoms with Crippen molar-refractivity contribution in [2.24, 2.45) is 0 Å². The lowest BCUT2D eigenvalue weighted by atomic mass is 10.2. The lowest BCUT2D eigenvalue weighted by molar-refractivity contribution is -0.141. The van der Waals surface area contributed by atoms with Gasteiger partial charge in [-0.05, 0) is 30.7 Å². The Morgan fingerprint density at radius 3 is 2.30 bits per heavy atom. The van der Waals surface area contributed by atoms with Crippen molar-refractivity contribution in [2.45, 2.75) is 24.5 Å². The van der Waals surface area contributed by atoms with Crippen LogP contribution in [0.25, 0.3) is 0 Å². The molecule has 0 saturated carbocycles. The molecule has 1 unspecified atom stereocenters. The molecule has 1 atom stereocenters. The molecule has 2 aromatic rings. The van der Waals surface area contributed by atoms with Gasteiger partial charge in [-0.3, -0.25) is 9.69 Å². The smallest absolute Gasteiger partial charge is 0.338 e. The SMILES string of the molecule is CC(OC(=O)c1cccc(S(C)(=O)=O)c1)C(=O)N1CCN(Cc2ccccc2)CC1. The molecular formula is C22H26N2O5S. The van der Waals surface area contributed by atoms with E-state index in [9.17, 15) is 18.0 Å². The lowest BCUT2D eigenvalue weighted by Crippen LogP contribution is -2.51. The van der Waals surface area contributed by atoms with E-state index in [1.165, 1.54) is 36.8 Å². The molecule has 0 aliphatic carbocycles. The van der Waals surface area contributed by atoms with Gasteiger partial charge in [-0.1, -0.05) is 36.4 Å². The Kier molecular flexibility index (Phi) is 6.89. The second kappa shape index (κ2) is 9.40. The average molecular weight is 431 g/mol. The zero-order valence-electron chi connectivity index (χ0n) is 17.2. The molecule has 3 rings (SSSR count). The molecule has 1 amide bonds. The van der Waals surface area contributed by atoms with Crippen molar-refractivity contribution in [1.82, 2.24) is 9.80 Å². The molecule has 1 heterocycles. The van der Waals surface area contributed by atoms with Crippen LogP contribution < -0.4 is 0 Å². The molecule has 1 aliphatic rings. The van der Waals surface area contributed by atoms with Crippen molar-refractivity contribution in [3.63, 3.8) is 0 Å². The summed E-state index contributed by atoms with van der Waals surface area (Å²) < 4.78 is 28.6. The zero-order chi connectivity index (χ0) is 21.7. The highest BCUT2D eigenvalue weighted by Crippen LogP contribution is 2.14. The van der Waals surface area contributed by atoms with Crippen LogP contribution in [-0.4, -0.2) is 68.6 Å². The number of sulfone groups is 1. The number of carbonyl (C=O) groups is 2. The number of hydrogen-bond acceptors (Lipinski definition) is 6. The molecule has 7 nitrogen and oxygen atoms in total. The second-order valence-electron chi connectivity index (χ2n) is 7.43. The molecule has 1 fully saturated rings. The van der Waals surface area contributed by atoms with E-state index in [1.807, 2.05) is 18.2 Å². The Morgan fingerprint density at radius 2 is 1.67 bits per heavy atom. The van der Waals surface area contributed by atoms with Gasteiger partial charge in [0.25, 0.3) is 5.91 Å². The van der Waals surface area contributed by atoms with Crippen LogP contribution in [0.4, 0.5) is 0 Å². The molecule has 0 aromatic heterocycles. The Balaban J connectivity index is 1.53. The number of carbonyl (C=O) groups excluding carboxylic acids is 2. The van der Waals surface area contributed by atoms with Gasteiger partial charge in [-0.2, -0.15) is 0 Å². The van der Waals surface area contributed by atoms with E-state index in [-0.39, 0.29) is 16.4 Å². The minimum atomic E-state index is -3.44. The highest BCUT2D eigenvalue weighted by molar-refractivity contribution is 7.90. The van der Waals surface area contributed by atoms with Crippen molar-refractivity contribution in [2.75, 3.05) is 32.4 Å². The van der Waals surface area contributed by atoms with Gasteiger partial charge in [-0.15, -0.1) is 0 Å². The Hall–Kier alpha value is -2.71. The van der Waals surface area contributed by atoms with Crippen molar-refractivity contribution in [3.8, 4) is 0 Å². The summed E-state index contributed by atoms with van der Waals surface area (Å²) >= 11 is 0. The van der Waals surface area contributed by atoms with Gasteiger partial charge in [0.2, 0.25) is 0 Å². The van der Waals surface area contributed by atoms with Crippen molar-refractivity contribution < 1.29 is 22.7 Å². The third-order valence-corrected chi connectivity index (χ3v) is 6.17. The summed E-state index contributed by atoms with van der Waals surface area (Å²) in [4.78, 5) is 29.1. The highest BCUT2D eigenvalue weighted by Gasteiger charge is 2.27. The molecule has 8 heteroatoms. The van der Waals surface area contributed by atoms with Gasteiger partial charge in [0.15, 0.2) is 15.9 Å². The first-order valence-electron chi connectivity index (χ1n) is 9.80. The van der Waals surface area contributed by atoms with Gasteiger partial charge in [0.1, 0.15) is 0 Å². The lowest BCUT2D eigenvalue weighted by Gasteiger charge is -2.35. The average Bonchev–Trinajstić information content (AvgIpc) is 2.74. The number of ether oxygens (including phenoxy) is 1. The van der Waals surface area contributed by atoms with Gasteiger partial charge < -0.3 is 9.64 Å². The first-order chi connectivity index (χ1) is 14.2. The molecular weight excluding hydrogens is 404 g/mol. The fraction of sp³-hybridized carbons (Fsp3) is 0.364. The van der Waals surface area contributed by atoms with Crippen LogP contribution in [0.2, 0.25) is 0 Å². The van der Waals surface area contributed by atoms with Crippen LogP contribution in [0.1, 0.15) is 22.8 Å². The summed E-state index contributed by atoms with van der Waals surface area (Å²) in [7, 11) is -3.44. The summed E-state index contributed by atoms with van der Waals surface area (Å²) in [5.74, 6) is -0.967. The van der Waals surface area contributed by atoms with Crippen molar-refractivity contribution in [3.05, 3.63) is 65.7 Å². The van der Waals surface area contributed by atoms with E-state index in [4.69, 9.17) is 4.74 Å². The minimum absolute atomic E-state index is 0.0328. The van der Waals surface area contributed by atoms with E-state index < -0.39 is 21.9 Å². The summed E-state index contributed by atoms with van der Waals surface area (Å²) in [6, 6.07) is 15.8. The van der Waals surface area contributed by atoms with Gasteiger partial charge >= 0.3 is 5.97 Å². The predicted octanol–water partition coefficient (Wildman–Crippen LogP) is 1.98. The van der Waals surface area contributed by atoms with Crippen LogP contribution in [-0.2, 0) is 25.9 Å². The standard InChI is InChI=1S/C22H26N2O5S/c1-17(29-22(26)19-9-6-10-20(15-19)30(2,27)28)21(25)24-13-11-23(12-14-24)16-18-7-4-3-5-8-18/h3-10,15,17H,11-14,16H2,1-2H3. The fourth-order valence-electron chi connectivity index (χ4n) is 3.36. The maximum atomic E-state index is 12.7. The van der Waals surface area contributed by atoms with Crippen molar-refractivity contribution >= 4 is 21.7 Å². The van der Waals surface area contributed by atoms with Crippen LogP contribution in [0.3, 0.4) is 0 Å². The largest absolute Gasteiger partial charge is 0.449 e. The highest BCUT2D eigenvalue weighted by atomic mass is 32.2. The van der Waals surface area contributed by atoms with E-state index in [0.29, 0.717) is 13.1 Å². The van der Waals surface area contributed by atoms with Crippen molar-refractivity contribution in [1.29, 1.82) is 0 Å². The second-order valence-corrected chi connectivity index (χ2v) is 9.45. The number of esters is 1. The maximum absolute atomic E-state index is 12.7. The summed E-state index contributed by atoms with van der Waals surface area (Å²) in [6.07, 6.45) is 0.126. The number of hydrogen-bond donors (Lipinski definition) is 0. The van der Waals surface area contributed by atoms with Crippen LogP contribution in [0, 0.1) is 0 Å². The Labute approximate surface area is 177 Å². The van der Waals surface area contributed by atoms with Gasteiger partial charge in [-0.25, -0.2) is 13.2 Å². The molecule has 1 saturated heterocycles. The number of amides is 1. The molecule has 0 radical (unpaired) electrons. The number of nitrogens with zero attached hydrogens (tertiary/aromatic N) is 2. The van der Waals surface area contributed by atoms with Gasteiger partial charge in [0.05, 0.1) is 10.5 Å². The normalized spacial score (nSPS) is 16.1. The Morgan fingerprint density at radius 1 is 1.00 bits per heavy atom. The third kappa shape index (κ3) is 5.67. The van der Waals surface area contributed by atoms with Crippen LogP contribution >= 0.6 is 0 Å². The molecule has 1 aliphatic heterocycles. The van der Waals surface area contributed by atoms with E-state index in [1.54, 1.807) is 4.90 Å². The molecule has 0 N–H and O–H groups in total.